The van der Waals surface area contributed by atoms with Gasteiger partial charge in [0.05, 0.1) is 28.2 Å². The molecule has 0 radical (unpaired) electrons. The highest BCUT2D eigenvalue weighted by atomic mass is 79.9. The van der Waals surface area contributed by atoms with Gasteiger partial charge in [-0.25, -0.2) is 4.42 Å². The van der Waals surface area contributed by atoms with Gasteiger partial charge in [-0.2, -0.15) is 0 Å². The highest BCUT2D eigenvalue weighted by Crippen LogP contribution is 2.40. The fourth-order valence-corrected chi connectivity index (χ4v) is 5.83. The molecular weight excluding hydrogens is 816 g/mol. The van der Waals surface area contributed by atoms with E-state index in [1.807, 2.05) is 60.7 Å². The van der Waals surface area contributed by atoms with Crippen molar-refractivity contribution in [3.05, 3.63) is 130 Å². The third-order valence-corrected chi connectivity index (χ3v) is 10.9. The van der Waals surface area contributed by atoms with Crippen LogP contribution in [0.2, 0.25) is 0 Å². The van der Waals surface area contributed by atoms with Crippen LogP contribution in [0.1, 0.15) is 58.4 Å². The molecule has 1 N–H and O–H groups in total. The van der Waals surface area contributed by atoms with Gasteiger partial charge in [0, 0.05) is 34.9 Å². The summed E-state index contributed by atoms with van der Waals surface area (Å²) in [5.74, 6) is 2.59. The number of hydrogen-bond donors (Lipinski definition) is 1. The van der Waals surface area contributed by atoms with Crippen LogP contribution < -0.4 is 0 Å². The number of aliphatic hydroxyl groups is 1. The number of halogens is 4. The molecule has 0 spiro atoms. The Morgan fingerprint density at radius 1 is 0.750 bits per heavy atom. The maximum absolute atomic E-state index is 13.4. The lowest BCUT2D eigenvalue weighted by Crippen LogP contribution is -2.21. The average Bonchev–Trinajstić information content (AvgIpc) is 2.96. The first-order valence-corrected chi connectivity index (χ1v) is 17.1. The van der Waals surface area contributed by atoms with Gasteiger partial charge in [0.1, 0.15) is 17.3 Å². The zero-order valence-electron chi connectivity index (χ0n) is 25.1. The maximum Gasteiger partial charge on any atom is 0.360 e. The number of carbonyl (C=O) groups is 1. The van der Waals surface area contributed by atoms with Crippen molar-refractivity contribution in [2.75, 3.05) is 0 Å². The molecule has 8 heteroatoms. The van der Waals surface area contributed by atoms with Crippen molar-refractivity contribution in [3.63, 3.8) is 0 Å². The number of ketones is 1. The summed E-state index contributed by atoms with van der Waals surface area (Å²) < 4.78 is 16.3. The van der Waals surface area contributed by atoms with Crippen molar-refractivity contribution < 1.29 is 19.1 Å². The summed E-state index contributed by atoms with van der Waals surface area (Å²) >= 11 is 14.2. The van der Waals surface area contributed by atoms with Crippen molar-refractivity contribution in [2.24, 2.45) is 5.41 Å². The van der Waals surface area contributed by atoms with Crippen LogP contribution >= 0.6 is 63.7 Å². The van der Waals surface area contributed by atoms with Gasteiger partial charge >= 0.3 is 11.5 Å². The molecule has 0 amide bonds. The Balaban J connectivity index is 1.55. The molecule has 0 saturated heterocycles. The average molecular weight is 847 g/mol. The lowest BCUT2D eigenvalue weighted by Gasteiger charge is -2.28. The van der Waals surface area contributed by atoms with Crippen molar-refractivity contribution in [3.8, 4) is 11.3 Å². The van der Waals surface area contributed by atoms with E-state index in [0.29, 0.717) is 11.5 Å². The first-order chi connectivity index (χ1) is 20.5. The summed E-state index contributed by atoms with van der Waals surface area (Å²) in [6, 6.07) is 15.6. The molecule has 44 heavy (non-hydrogen) atoms. The fraction of sp³-hybridized carbons (Fsp3) is 0.222. The molecule has 0 bridgehead atoms. The summed E-state index contributed by atoms with van der Waals surface area (Å²) in [6.45, 7) is 12.4. The van der Waals surface area contributed by atoms with Crippen molar-refractivity contribution in [2.45, 2.75) is 47.0 Å². The van der Waals surface area contributed by atoms with Crippen LogP contribution in [-0.4, -0.2) is 10.9 Å². The van der Waals surface area contributed by atoms with Crippen molar-refractivity contribution in [1.29, 1.82) is 0 Å². The number of hydrogen-bond acceptors (Lipinski definition) is 3. The van der Waals surface area contributed by atoms with Gasteiger partial charge in [-0.3, -0.25) is 4.79 Å². The zero-order valence-corrected chi connectivity index (χ0v) is 31.5. The largest absolute Gasteiger partial charge is 0.506 e. The lowest BCUT2D eigenvalue weighted by molar-refractivity contribution is -0.113. The third kappa shape index (κ3) is 6.99. The Morgan fingerprint density at radius 2 is 1.36 bits per heavy atom. The van der Waals surface area contributed by atoms with Gasteiger partial charge in [0.2, 0.25) is 5.78 Å². The standard InChI is InChI=1S/C36H30Br4O4/c1-35(2,3)31-15-19(13-29(43-31)21-7-9-25(37)27(39)17-21)11-23-33(41)24(34(23)42)12-20-14-30(44-32(16-20)36(4,5)6)22-8-10-26(38)28(40)18-22/h7-18H,1-6H3/p+1. The predicted octanol–water partition coefficient (Wildman–Crippen LogP) is 12.3. The van der Waals surface area contributed by atoms with E-state index in [0.717, 1.165) is 51.7 Å². The van der Waals surface area contributed by atoms with E-state index in [9.17, 15) is 9.90 Å². The molecular formula is C36H31Br4O4+. The molecule has 3 aromatic rings. The van der Waals surface area contributed by atoms with Gasteiger partial charge in [-0.15, -0.1) is 0 Å². The second kappa shape index (κ2) is 12.3. The summed E-state index contributed by atoms with van der Waals surface area (Å²) in [5, 5.41) is 11.1. The van der Waals surface area contributed by atoms with E-state index in [2.05, 4.69) is 105 Å². The molecule has 2 heterocycles. The van der Waals surface area contributed by atoms with E-state index >= 15 is 0 Å². The summed E-state index contributed by atoms with van der Waals surface area (Å²) in [5.41, 5.74) is 3.28. The van der Waals surface area contributed by atoms with Crippen LogP contribution in [0.4, 0.5) is 0 Å². The fourth-order valence-electron chi connectivity index (χ4n) is 4.58. The number of benzene rings is 2. The summed E-state index contributed by atoms with van der Waals surface area (Å²) in [7, 11) is 0. The molecule has 2 aliphatic rings. The van der Waals surface area contributed by atoms with Crippen LogP contribution in [0.25, 0.3) is 23.2 Å². The SMILES string of the molecule is CC(C)(C)C1=CC(=CC2=C(O)C(=Cc3cc(-c4ccc(Br)c(Br)c4)[o+]c(C(C)(C)C)c3)C2=O)C=C(c2ccc(Br)c(Br)c2)O1. The number of rotatable bonds is 4. The Kier molecular flexibility index (Phi) is 9.22. The van der Waals surface area contributed by atoms with Gasteiger partial charge in [0.15, 0.2) is 0 Å². The molecule has 0 fully saturated rings. The minimum atomic E-state index is -0.276. The van der Waals surface area contributed by atoms with Crippen LogP contribution in [0.3, 0.4) is 0 Å². The predicted molar refractivity (Wildman–Crippen MR) is 192 cm³/mol. The van der Waals surface area contributed by atoms with Gasteiger partial charge in [-0.1, -0.05) is 26.8 Å². The Bertz CT molecular complexity index is 1860. The first kappa shape index (κ1) is 32.9. The van der Waals surface area contributed by atoms with Gasteiger partial charge < -0.3 is 9.84 Å². The minimum absolute atomic E-state index is 0.0351. The first-order valence-electron chi connectivity index (χ1n) is 13.9. The molecule has 4 nitrogen and oxygen atoms in total. The highest BCUT2D eigenvalue weighted by molar-refractivity contribution is 9.13. The summed E-state index contributed by atoms with van der Waals surface area (Å²) in [4.78, 5) is 13.4. The quantitative estimate of drug-likeness (QED) is 0.210. The topological polar surface area (TPSA) is 57.8 Å². The van der Waals surface area contributed by atoms with E-state index in [-0.39, 0.29) is 33.5 Å². The van der Waals surface area contributed by atoms with E-state index in [4.69, 9.17) is 9.15 Å². The van der Waals surface area contributed by atoms with Gasteiger partial charge in [0.25, 0.3) is 0 Å². The molecule has 0 saturated carbocycles. The van der Waals surface area contributed by atoms with E-state index < -0.39 is 0 Å². The van der Waals surface area contributed by atoms with E-state index in [1.165, 1.54) is 0 Å². The number of allylic oxidation sites excluding steroid dienone is 7. The monoisotopic (exact) mass is 843 g/mol. The lowest BCUT2D eigenvalue weighted by atomic mass is 9.84. The molecule has 226 valence electrons. The Hall–Kier alpha value is -2.52. The second-order valence-corrected chi connectivity index (χ2v) is 16.2. The molecule has 2 aromatic carbocycles. The number of ether oxygens (including phenoxy) is 1. The van der Waals surface area contributed by atoms with Gasteiger partial charge in [-0.05, 0) is 150 Å². The zero-order chi connectivity index (χ0) is 32.1. The normalized spacial score (nSPS) is 17.5. The third-order valence-electron chi connectivity index (χ3n) is 7.14. The van der Waals surface area contributed by atoms with Crippen LogP contribution in [0, 0.1) is 5.41 Å². The molecule has 1 aliphatic heterocycles. The van der Waals surface area contributed by atoms with Crippen molar-refractivity contribution in [1.82, 2.24) is 0 Å². The van der Waals surface area contributed by atoms with Crippen LogP contribution in [-0.2, 0) is 14.9 Å². The molecule has 5 rings (SSSR count). The van der Waals surface area contributed by atoms with E-state index in [1.54, 1.807) is 12.2 Å². The highest BCUT2D eigenvalue weighted by Gasteiger charge is 2.35. The Morgan fingerprint density at radius 3 is 1.93 bits per heavy atom. The molecule has 1 aliphatic carbocycles. The van der Waals surface area contributed by atoms with Crippen LogP contribution in [0.15, 0.2) is 117 Å². The maximum atomic E-state index is 13.4. The summed E-state index contributed by atoms with van der Waals surface area (Å²) in [6.07, 6.45) is 7.26. The van der Waals surface area contributed by atoms with Crippen LogP contribution in [0.5, 0.6) is 0 Å². The molecule has 1 aromatic heterocycles. The number of carbonyl (C=O) groups excluding carboxylic acids is 1. The smallest absolute Gasteiger partial charge is 0.360 e. The number of aliphatic hydroxyl groups excluding tert-OH is 1. The van der Waals surface area contributed by atoms with Crippen molar-refractivity contribution >= 4 is 81.3 Å². The molecule has 0 atom stereocenters. The molecule has 0 unspecified atom stereocenters. The Labute approximate surface area is 291 Å². The minimum Gasteiger partial charge on any atom is -0.506 e. The second-order valence-electron chi connectivity index (χ2n) is 12.8. The number of Topliss-reactive ketones (excluding diaryl/α,β-unsaturated/α-hetero) is 1.